The van der Waals surface area contributed by atoms with Gasteiger partial charge in [0.05, 0.1) is 17.4 Å². The first kappa shape index (κ1) is 15.5. The lowest BCUT2D eigenvalue weighted by molar-refractivity contribution is -0.142. The lowest BCUT2D eigenvalue weighted by atomic mass is 9.85. The molecule has 2 unspecified atom stereocenters. The van der Waals surface area contributed by atoms with Gasteiger partial charge in [0.1, 0.15) is 0 Å². The zero-order valence-electron chi connectivity index (χ0n) is 12.6. The summed E-state index contributed by atoms with van der Waals surface area (Å²) >= 11 is 0. The molecule has 1 aliphatic rings. The van der Waals surface area contributed by atoms with Crippen molar-refractivity contribution in [2.75, 3.05) is 11.9 Å². The molecule has 1 amide bonds. The van der Waals surface area contributed by atoms with Gasteiger partial charge >= 0.3 is 5.97 Å². The fraction of sp³-hybridized carbons (Fsp3) is 0.500. The lowest BCUT2D eigenvalue weighted by Gasteiger charge is -2.19. The Morgan fingerprint density at radius 3 is 2.48 bits per heavy atom. The first-order valence-corrected chi connectivity index (χ1v) is 7.12. The van der Waals surface area contributed by atoms with Gasteiger partial charge in [-0.1, -0.05) is 12.1 Å². The van der Waals surface area contributed by atoms with E-state index in [0.29, 0.717) is 17.9 Å². The van der Waals surface area contributed by atoms with Crippen LogP contribution >= 0.6 is 0 Å². The molecule has 0 spiro atoms. The van der Waals surface area contributed by atoms with Crippen molar-refractivity contribution < 1.29 is 19.4 Å². The van der Waals surface area contributed by atoms with Crippen LogP contribution in [0.4, 0.5) is 5.69 Å². The van der Waals surface area contributed by atoms with E-state index in [1.54, 1.807) is 38.1 Å². The van der Waals surface area contributed by atoms with E-state index < -0.39 is 11.4 Å². The van der Waals surface area contributed by atoms with Crippen LogP contribution in [0.3, 0.4) is 0 Å². The highest BCUT2D eigenvalue weighted by atomic mass is 16.5. The minimum Gasteiger partial charge on any atom is -0.481 e. The van der Waals surface area contributed by atoms with Gasteiger partial charge in [-0.25, -0.2) is 0 Å². The molecule has 1 aromatic rings. The van der Waals surface area contributed by atoms with Crippen molar-refractivity contribution in [3.63, 3.8) is 0 Å². The molecule has 1 fully saturated rings. The smallest absolute Gasteiger partial charge is 0.313 e. The van der Waals surface area contributed by atoms with Crippen LogP contribution in [0.15, 0.2) is 24.3 Å². The van der Waals surface area contributed by atoms with Crippen LogP contribution in [0.2, 0.25) is 0 Å². The summed E-state index contributed by atoms with van der Waals surface area (Å²) in [6.07, 6.45) is 0.810. The fourth-order valence-corrected chi connectivity index (χ4v) is 2.17. The zero-order valence-corrected chi connectivity index (χ0v) is 12.6. The average molecular weight is 291 g/mol. The summed E-state index contributed by atoms with van der Waals surface area (Å²) in [7, 11) is 0. The summed E-state index contributed by atoms with van der Waals surface area (Å²) in [4.78, 5) is 23.2. The second-order valence-corrected chi connectivity index (χ2v) is 5.83. The number of carbonyl (C=O) groups is 2. The molecular formula is C16H21NO4. The third-order valence-electron chi connectivity index (χ3n) is 3.86. The predicted octanol–water partition coefficient (Wildman–Crippen LogP) is 2.41. The number of aliphatic carboxylic acids is 1. The molecule has 2 atom stereocenters. The topological polar surface area (TPSA) is 75.6 Å². The number of carboxylic acids is 1. The Bertz CT molecular complexity index is 536. The molecule has 0 aliphatic heterocycles. The Kier molecular flexibility index (Phi) is 4.32. The average Bonchev–Trinajstić information content (AvgIpc) is 3.19. The number of carbonyl (C=O) groups excluding carboxylic acids is 1. The first-order chi connectivity index (χ1) is 9.86. The summed E-state index contributed by atoms with van der Waals surface area (Å²) < 4.78 is 5.39. The number of amides is 1. The van der Waals surface area contributed by atoms with Crippen LogP contribution < -0.4 is 5.32 Å². The van der Waals surface area contributed by atoms with Gasteiger partial charge in [-0.05, 0) is 44.9 Å². The molecule has 0 saturated heterocycles. The SMILES string of the molecule is CCOC1CC1C(=O)Nc1ccc(C(C)(C)C(=O)O)cc1. The van der Waals surface area contributed by atoms with E-state index in [2.05, 4.69) is 5.32 Å². The molecule has 1 aliphatic carbocycles. The molecule has 0 bridgehead atoms. The Morgan fingerprint density at radius 1 is 1.33 bits per heavy atom. The quantitative estimate of drug-likeness (QED) is 0.844. The minimum absolute atomic E-state index is 0.0419. The van der Waals surface area contributed by atoms with Crippen molar-refractivity contribution in [3.8, 4) is 0 Å². The number of carboxylic acid groups (broad SMARTS) is 1. The highest BCUT2D eigenvalue weighted by molar-refractivity contribution is 5.94. The van der Waals surface area contributed by atoms with Crippen LogP contribution in [0.25, 0.3) is 0 Å². The van der Waals surface area contributed by atoms with Crippen molar-refractivity contribution in [2.45, 2.75) is 38.7 Å². The Hall–Kier alpha value is -1.88. The summed E-state index contributed by atoms with van der Waals surface area (Å²) in [5, 5.41) is 12.0. The van der Waals surface area contributed by atoms with Crippen LogP contribution in [0.1, 0.15) is 32.8 Å². The van der Waals surface area contributed by atoms with Gasteiger partial charge in [-0.2, -0.15) is 0 Å². The van der Waals surface area contributed by atoms with Gasteiger partial charge in [0, 0.05) is 12.3 Å². The number of nitrogens with one attached hydrogen (secondary N) is 1. The Morgan fingerprint density at radius 2 is 1.95 bits per heavy atom. The first-order valence-electron chi connectivity index (χ1n) is 7.12. The number of benzene rings is 1. The minimum atomic E-state index is -0.945. The largest absolute Gasteiger partial charge is 0.481 e. The molecule has 21 heavy (non-hydrogen) atoms. The van der Waals surface area contributed by atoms with E-state index in [9.17, 15) is 14.7 Å². The molecule has 2 rings (SSSR count). The number of anilines is 1. The van der Waals surface area contributed by atoms with Gasteiger partial charge < -0.3 is 15.2 Å². The zero-order chi connectivity index (χ0) is 15.6. The van der Waals surface area contributed by atoms with Gasteiger partial charge in [-0.3, -0.25) is 9.59 Å². The van der Waals surface area contributed by atoms with Crippen molar-refractivity contribution in [1.29, 1.82) is 0 Å². The summed E-state index contributed by atoms with van der Waals surface area (Å²) in [5.74, 6) is -0.990. The molecule has 1 saturated carbocycles. The normalized spacial score (nSPS) is 20.9. The highest BCUT2D eigenvalue weighted by Crippen LogP contribution is 2.34. The maximum absolute atomic E-state index is 12.0. The van der Waals surface area contributed by atoms with Crippen molar-refractivity contribution in [3.05, 3.63) is 29.8 Å². The summed E-state index contributed by atoms with van der Waals surface area (Å²) in [6.45, 7) is 5.84. The maximum atomic E-state index is 12.0. The van der Waals surface area contributed by atoms with Gasteiger partial charge in [0.2, 0.25) is 5.91 Å². The standard InChI is InChI=1S/C16H21NO4/c1-4-21-13-9-12(13)14(18)17-11-7-5-10(6-8-11)16(2,3)15(19)20/h5-8,12-13H,4,9H2,1-3H3,(H,17,18)(H,19,20). The van der Waals surface area contributed by atoms with E-state index in [1.165, 1.54) is 0 Å². The van der Waals surface area contributed by atoms with E-state index in [1.807, 2.05) is 6.92 Å². The van der Waals surface area contributed by atoms with Crippen LogP contribution in [-0.2, 0) is 19.7 Å². The second kappa shape index (κ2) is 5.85. The third kappa shape index (κ3) is 3.42. The lowest BCUT2D eigenvalue weighted by Crippen LogP contribution is -2.28. The summed E-state index contributed by atoms with van der Waals surface area (Å²) in [6, 6.07) is 6.93. The van der Waals surface area contributed by atoms with E-state index >= 15 is 0 Å². The van der Waals surface area contributed by atoms with Crippen molar-refractivity contribution in [1.82, 2.24) is 0 Å². The van der Waals surface area contributed by atoms with Crippen LogP contribution in [0, 0.1) is 5.92 Å². The second-order valence-electron chi connectivity index (χ2n) is 5.83. The van der Waals surface area contributed by atoms with E-state index in [0.717, 1.165) is 6.42 Å². The van der Waals surface area contributed by atoms with Gasteiger partial charge in [0.25, 0.3) is 0 Å². The molecule has 2 N–H and O–H groups in total. The van der Waals surface area contributed by atoms with E-state index in [-0.39, 0.29) is 17.9 Å². The number of ether oxygens (including phenoxy) is 1. The molecule has 0 radical (unpaired) electrons. The van der Waals surface area contributed by atoms with E-state index in [4.69, 9.17) is 4.74 Å². The molecule has 5 heteroatoms. The van der Waals surface area contributed by atoms with Crippen molar-refractivity contribution in [2.24, 2.45) is 5.92 Å². The molecule has 114 valence electrons. The molecule has 0 aromatic heterocycles. The number of hydrogen-bond donors (Lipinski definition) is 2. The van der Waals surface area contributed by atoms with Crippen molar-refractivity contribution >= 4 is 17.6 Å². The molecule has 5 nitrogen and oxygen atoms in total. The van der Waals surface area contributed by atoms with Gasteiger partial charge in [-0.15, -0.1) is 0 Å². The highest BCUT2D eigenvalue weighted by Gasteiger charge is 2.43. The maximum Gasteiger partial charge on any atom is 0.313 e. The Labute approximate surface area is 124 Å². The van der Waals surface area contributed by atoms with Crippen LogP contribution in [0.5, 0.6) is 0 Å². The molecule has 0 heterocycles. The molecule has 1 aromatic carbocycles. The fourth-order valence-electron chi connectivity index (χ4n) is 2.17. The van der Waals surface area contributed by atoms with Crippen LogP contribution in [-0.4, -0.2) is 29.7 Å². The monoisotopic (exact) mass is 291 g/mol. The molecular weight excluding hydrogens is 270 g/mol. The number of rotatable bonds is 6. The number of hydrogen-bond acceptors (Lipinski definition) is 3. The van der Waals surface area contributed by atoms with Gasteiger partial charge in [0.15, 0.2) is 0 Å². The third-order valence-corrected chi connectivity index (χ3v) is 3.86. The Balaban J connectivity index is 1.97. The summed E-state index contributed by atoms with van der Waals surface area (Å²) in [5.41, 5.74) is 0.428. The predicted molar refractivity (Wildman–Crippen MR) is 79.3 cm³/mol.